The van der Waals surface area contributed by atoms with Crippen molar-refractivity contribution < 1.29 is 9.59 Å². The van der Waals surface area contributed by atoms with Crippen LogP contribution in [0.2, 0.25) is 0 Å². The number of aromatic nitrogens is 2. The van der Waals surface area contributed by atoms with Crippen molar-refractivity contribution in [2.24, 2.45) is 0 Å². The molecule has 0 fully saturated rings. The highest BCUT2D eigenvalue weighted by Crippen LogP contribution is 2.32. The smallest absolute Gasteiger partial charge is 0.209 e. The SMILES string of the molecule is C=Cc1ccc(C(c2ccc(C(=O)c3ccc(C)cc3)[nH]2)c2ccc(C(=O)c3ccc(C)cc3)[nH]2)cc1. The van der Waals surface area contributed by atoms with E-state index < -0.39 is 0 Å². The third-order valence-electron chi connectivity index (χ3n) is 6.66. The maximum atomic E-state index is 13.1. The number of H-pyrrole nitrogens is 2. The van der Waals surface area contributed by atoms with Crippen LogP contribution in [-0.4, -0.2) is 21.5 Å². The third-order valence-corrected chi connectivity index (χ3v) is 6.66. The van der Waals surface area contributed by atoms with Crippen LogP contribution in [0.25, 0.3) is 6.08 Å². The Bertz CT molecular complexity index is 1470. The zero-order chi connectivity index (χ0) is 25.9. The normalized spacial score (nSPS) is 11.0. The number of rotatable bonds is 8. The number of aromatic amines is 2. The summed E-state index contributed by atoms with van der Waals surface area (Å²) < 4.78 is 0. The fourth-order valence-electron chi connectivity index (χ4n) is 4.50. The monoisotopic (exact) mass is 484 g/mol. The number of benzene rings is 3. The van der Waals surface area contributed by atoms with Gasteiger partial charge in [0.05, 0.1) is 17.3 Å². The Hall–Kier alpha value is -4.70. The average molecular weight is 485 g/mol. The molecule has 0 aliphatic heterocycles. The minimum atomic E-state index is -0.224. The van der Waals surface area contributed by atoms with Gasteiger partial charge < -0.3 is 9.97 Å². The van der Waals surface area contributed by atoms with E-state index in [-0.39, 0.29) is 17.5 Å². The molecule has 0 spiro atoms. The summed E-state index contributed by atoms with van der Waals surface area (Å²) >= 11 is 0. The highest BCUT2D eigenvalue weighted by molar-refractivity contribution is 6.08. The fourth-order valence-corrected chi connectivity index (χ4v) is 4.50. The lowest BCUT2D eigenvalue weighted by molar-refractivity contribution is 0.102. The molecule has 2 heterocycles. The van der Waals surface area contributed by atoms with Crippen molar-refractivity contribution in [2.75, 3.05) is 0 Å². The summed E-state index contributed by atoms with van der Waals surface area (Å²) in [6.07, 6.45) is 1.80. The molecule has 5 aromatic rings. The molecule has 4 nitrogen and oxygen atoms in total. The number of aryl methyl sites for hydroxylation is 2. The molecule has 0 aliphatic carbocycles. The lowest BCUT2D eigenvalue weighted by Gasteiger charge is -2.16. The zero-order valence-electron chi connectivity index (χ0n) is 20.9. The first kappa shape index (κ1) is 24.0. The van der Waals surface area contributed by atoms with Gasteiger partial charge in [0, 0.05) is 22.5 Å². The van der Waals surface area contributed by atoms with Crippen LogP contribution < -0.4 is 0 Å². The van der Waals surface area contributed by atoms with Gasteiger partial charge in [0.1, 0.15) is 0 Å². The molecule has 2 aromatic heterocycles. The van der Waals surface area contributed by atoms with Gasteiger partial charge in [-0.2, -0.15) is 0 Å². The van der Waals surface area contributed by atoms with E-state index in [0.717, 1.165) is 33.6 Å². The summed E-state index contributed by atoms with van der Waals surface area (Å²) in [5.74, 6) is -0.347. The predicted octanol–water partition coefficient (Wildman–Crippen LogP) is 7.24. The lowest BCUT2D eigenvalue weighted by atomic mass is 9.92. The molecule has 182 valence electrons. The molecule has 3 aromatic carbocycles. The van der Waals surface area contributed by atoms with Crippen LogP contribution in [0.15, 0.2) is 104 Å². The van der Waals surface area contributed by atoms with Gasteiger partial charge in [-0.1, -0.05) is 96.6 Å². The van der Waals surface area contributed by atoms with Crippen molar-refractivity contribution in [2.45, 2.75) is 19.8 Å². The summed E-state index contributed by atoms with van der Waals surface area (Å²) in [7, 11) is 0. The van der Waals surface area contributed by atoms with Crippen molar-refractivity contribution >= 4 is 17.6 Å². The summed E-state index contributed by atoms with van der Waals surface area (Å²) in [4.78, 5) is 33.0. The van der Waals surface area contributed by atoms with E-state index in [9.17, 15) is 9.59 Å². The summed E-state index contributed by atoms with van der Waals surface area (Å²) in [5.41, 5.74) is 8.29. The topological polar surface area (TPSA) is 65.7 Å². The molecule has 0 amide bonds. The van der Waals surface area contributed by atoms with Gasteiger partial charge in [0.2, 0.25) is 11.6 Å². The van der Waals surface area contributed by atoms with E-state index in [1.54, 1.807) is 6.08 Å². The first-order chi connectivity index (χ1) is 17.9. The highest BCUT2D eigenvalue weighted by atomic mass is 16.1. The fraction of sp³-hybridized carbons (Fsp3) is 0.0909. The van der Waals surface area contributed by atoms with Crippen LogP contribution in [0.5, 0.6) is 0 Å². The molecular weight excluding hydrogens is 456 g/mol. The maximum absolute atomic E-state index is 13.1. The van der Waals surface area contributed by atoms with Crippen molar-refractivity contribution in [3.05, 3.63) is 160 Å². The average Bonchev–Trinajstić information content (AvgIpc) is 3.60. The summed E-state index contributed by atoms with van der Waals surface area (Å²) in [6.45, 7) is 7.84. The molecule has 0 unspecified atom stereocenters. The highest BCUT2D eigenvalue weighted by Gasteiger charge is 2.23. The van der Waals surface area contributed by atoms with Crippen molar-refractivity contribution in [3.8, 4) is 0 Å². The van der Waals surface area contributed by atoms with Gasteiger partial charge in [-0.05, 0) is 49.2 Å². The first-order valence-electron chi connectivity index (χ1n) is 12.3. The molecule has 0 aliphatic rings. The minimum Gasteiger partial charge on any atom is -0.355 e. The van der Waals surface area contributed by atoms with Gasteiger partial charge in [-0.25, -0.2) is 0 Å². The largest absolute Gasteiger partial charge is 0.355 e. The Morgan fingerprint density at radius 1 is 0.622 bits per heavy atom. The molecule has 5 rings (SSSR count). The molecule has 0 saturated heterocycles. The molecule has 0 radical (unpaired) electrons. The number of carbonyl (C=O) groups is 2. The molecule has 0 atom stereocenters. The standard InChI is InChI=1S/C33H28N2O2/c1-4-23-9-15-24(16-10-23)31(27-17-19-29(34-27)32(36)25-11-5-21(2)6-12-25)28-18-20-30(35-28)33(37)26-13-7-22(3)8-14-26/h4-20,31,34-35H,1H2,2-3H3. The van der Waals surface area contributed by atoms with Crippen LogP contribution in [-0.2, 0) is 0 Å². The van der Waals surface area contributed by atoms with E-state index >= 15 is 0 Å². The number of carbonyl (C=O) groups excluding carboxylic acids is 2. The van der Waals surface area contributed by atoms with Crippen LogP contribution >= 0.6 is 0 Å². The molecule has 0 saturated carbocycles. The molecule has 4 heteroatoms. The van der Waals surface area contributed by atoms with E-state index in [2.05, 4.69) is 16.5 Å². The van der Waals surface area contributed by atoms with Crippen molar-refractivity contribution in [3.63, 3.8) is 0 Å². The van der Waals surface area contributed by atoms with E-state index in [1.165, 1.54) is 0 Å². The Kier molecular flexibility index (Phi) is 6.57. The van der Waals surface area contributed by atoms with Crippen molar-refractivity contribution in [1.29, 1.82) is 0 Å². The van der Waals surface area contributed by atoms with Crippen LogP contribution in [0.1, 0.15) is 71.7 Å². The minimum absolute atomic E-state index is 0.0614. The van der Waals surface area contributed by atoms with E-state index in [1.807, 2.05) is 111 Å². The predicted molar refractivity (Wildman–Crippen MR) is 148 cm³/mol. The number of hydrogen-bond acceptors (Lipinski definition) is 2. The molecule has 0 bridgehead atoms. The van der Waals surface area contributed by atoms with Crippen LogP contribution in [0.3, 0.4) is 0 Å². The lowest BCUT2D eigenvalue weighted by Crippen LogP contribution is -2.08. The summed E-state index contributed by atoms with van der Waals surface area (Å²) in [6, 6.07) is 30.8. The van der Waals surface area contributed by atoms with Gasteiger partial charge in [0.25, 0.3) is 0 Å². The first-order valence-corrected chi connectivity index (χ1v) is 12.3. The maximum Gasteiger partial charge on any atom is 0.209 e. The Morgan fingerprint density at radius 2 is 1.05 bits per heavy atom. The Labute approximate surface area is 216 Å². The van der Waals surface area contributed by atoms with Gasteiger partial charge in [0.15, 0.2) is 0 Å². The van der Waals surface area contributed by atoms with E-state index in [0.29, 0.717) is 22.5 Å². The van der Waals surface area contributed by atoms with E-state index in [4.69, 9.17) is 0 Å². The van der Waals surface area contributed by atoms with Gasteiger partial charge >= 0.3 is 0 Å². The van der Waals surface area contributed by atoms with Crippen LogP contribution in [0, 0.1) is 13.8 Å². The molecule has 2 N–H and O–H groups in total. The number of hydrogen-bond donors (Lipinski definition) is 2. The second-order valence-corrected chi connectivity index (χ2v) is 9.35. The quantitative estimate of drug-likeness (QED) is 0.228. The number of nitrogens with one attached hydrogen (secondary N) is 2. The Balaban J connectivity index is 1.52. The number of ketones is 2. The third kappa shape index (κ3) is 5.00. The Morgan fingerprint density at radius 3 is 1.46 bits per heavy atom. The van der Waals surface area contributed by atoms with Gasteiger partial charge in [-0.15, -0.1) is 0 Å². The second-order valence-electron chi connectivity index (χ2n) is 9.35. The van der Waals surface area contributed by atoms with Gasteiger partial charge in [-0.3, -0.25) is 9.59 Å². The molecular formula is C33H28N2O2. The zero-order valence-corrected chi connectivity index (χ0v) is 20.9. The summed E-state index contributed by atoms with van der Waals surface area (Å²) in [5, 5.41) is 0. The van der Waals surface area contributed by atoms with Crippen LogP contribution in [0.4, 0.5) is 0 Å². The second kappa shape index (κ2) is 10.1. The molecule has 37 heavy (non-hydrogen) atoms. The van der Waals surface area contributed by atoms with Crippen molar-refractivity contribution in [1.82, 2.24) is 9.97 Å².